The molecule has 3 rings (SSSR count). The van der Waals surface area contributed by atoms with Crippen LogP contribution in [0.5, 0.6) is 0 Å². The molecule has 2 atom stereocenters. The zero-order valence-electron chi connectivity index (χ0n) is 17.5. The Hall–Kier alpha value is -0.810. The van der Waals surface area contributed by atoms with Crippen LogP contribution in [0.4, 0.5) is 0 Å². The molecule has 0 radical (unpaired) electrons. The molecule has 2 unspecified atom stereocenters. The van der Waals surface area contributed by atoms with Gasteiger partial charge in [0.1, 0.15) is 0 Å². The molecule has 2 aliphatic rings. The maximum absolute atomic E-state index is 13.0. The third kappa shape index (κ3) is 6.09. The zero-order chi connectivity index (χ0) is 18.7. The van der Waals surface area contributed by atoms with E-state index in [4.69, 9.17) is 5.73 Å². The van der Waals surface area contributed by atoms with Crippen LogP contribution in [-0.2, 0) is 11.2 Å². The fourth-order valence-corrected chi connectivity index (χ4v) is 4.47. The van der Waals surface area contributed by atoms with E-state index in [2.05, 4.69) is 56.0 Å². The molecule has 1 aromatic rings. The minimum atomic E-state index is -0.0159. The summed E-state index contributed by atoms with van der Waals surface area (Å²) in [6.07, 6.45) is 4.44. The smallest absolute Gasteiger partial charge is 0.239 e. The second-order valence-corrected chi connectivity index (χ2v) is 8.99. The van der Waals surface area contributed by atoms with Gasteiger partial charge in [-0.1, -0.05) is 44.2 Å². The van der Waals surface area contributed by atoms with Crippen LogP contribution < -0.4 is 5.73 Å². The van der Waals surface area contributed by atoms with Gasteiger partial charge in [0.05, 0.1) is 6.04 Å². The summed E-state index contributed by atoms with van der Waals surface area (Å²) in [6.45, 7) is 10.1. The maximum Gasteiger partial charge on any atom is 0.239 e. The van der Waals surface area contributed by atoms with E-state index in [1.807, 2.05) is 4.90 Å². The molecule has 1 aromatic carbocycles. The summed E-state index contributed by atoms with van der Waals surface area (Å²) in [5.41, 5.74) is 7.67. The summed E-state index contributed by atoms with van der Waals surface area (Å²) in [6, 6.07) is 10.9. The van der Waals surface area contributed by atoms with Crippen LogP contribution >= 0.6 is 24.8 Å². The van der Waals surface area contributed by atoms with Gasteiger partial charge in [0, 0.05) is 19.1 Å². The van der Waals surface area contributed by atoms with E-state index in [1.165, 1.54) is 18.4 Å². The lowest BCUT2D eigenvalue weighted by Gasteiger charge is -2.45. The van der Waals surface area contributed by atoms with Gasteiger partial charge >= 0.3 is 0 Å². The van der Waals surface area contributed by atoms with Crippen molar-refractivity contribution in [2.45, 2.75) is 58.5 Å². The highest BCUT2D eigenvalue weighted by atomic mass is 35.5. The Kier molecular flexibility index (Phi) is 9.75. The Balaban J connectivity index is 0.00000196. The van der Waals surface area contributed by atoms with E-state index in [9.17, 15) is 4.79 Å². The van der Waals surface area contributed by atoms with Gasteiger partial charge in [-0.15, -0.1) is 24.8 Å². The van der Waals surface area contributed by atoms with Crippen LogP contribution in [0.2, 0.25) is 0 Å². The number of likely N-dealkylation sites (tertiary alicyclic amines) is 2. The lowest BCUT2D eigenvalue weighted by atomic mass is 9.79. The van der Waals surface area contributed by atoms with Crippen LogP contribution in [-0.4, -0.2) is 54.0 Å². The maximum atomic E-state index is 13.0. The molecule has 2 fully saturated rings. The topological polar surface area (TPSA) is 49.6 Å². The van der Waals surface area contributed by atoms with Crippen LogP contribution in [0.3, 0.4) is 0 Å². The third-order valence-electron chi connectivity index (χ3n) is 6.55. The number of nitrogens with two attached hydrogens (primary N) is 1. The summed E-state index contributed by atoms with van der Waals surface area (Å²) in [4.78, 5) is 17.4. The van der Waals surface area contributed by atoms with Gasteiger partial charge in [-0.05, 0) is 62.6 Å². The summed E-state index contributed by atoms with van der Waals surface area (Å²) in [7, 11) is 0. The van der Waals surface area contributed by atoms with Crippen molar-refractivity contribution < 1.29 is 4.79 Å². The number of halogens is 2. The second-order valence-electron chi connectivity index (χ2n) is 8.99. The van der Waals surface area contributed by atoms with Crippen molar-refractivity contribution in [2.75, 3.05) is 26.2 Å². The zero-order valence-corrected chi connectivity index (χ0v) is 19.1. The summed E-state index contributed by atoms with van der Waals surface area (Å²) >= 11 is 0. The number of hydrogen-bond donors (Lipinski definition) is 1. The van der Waals surface area contributed by atoms with Gasteiger partial charge in [0.25, 0.3) is 0 Å². The molecule has 2 aliphatic heterocycles. The molecular weight excluding hydrogens is 393 g/mol. The van der Waals surface area contributed by atoms with E-state index in [0.29, 0.717) is 0 Å². The molecule has 2 N–H and O–H groups in total. The molecule has 6 heteroatoms. The summed E-state index contributed by atoms with van der Waals surface area (Å²) < 4.78 is 0. The first kappa shape index (κ1) is 25.2. The Bertz CT molecular complexity index is 603. The molecule has 0 saturated carbocycles. The first-order chi connectivity index (χ1) is 12.4. The average molecular weight is 430 g/mol. The monoisotopic (exact) mass is 429 g/mol. The number of hydrogen-bond acceptors (Lipinski definition) is 3. The number of carbonyl (C=O) groups is 1. The lowest BCUT2D eigenvalue weighted by Crippen LogP contribution is -2.58. The standard InChI is InChI=1S/C22H35N3O.2ClH/c1-17(21(26)25-14-11-20(23)22(2,3)16-25)24-12-9-19(10-13-24)15-18-7-5-4-6-8-18;;/h4-8,17,19-20H,9-16,23H2,1-3H3;2*1H. The largest absolute Gasteiger partial charge is 0.341 e. The Morgan fingerprint density at radius 3 is 2.29 bits per heavy atom. The van der Waals surface area contributed by atoms with Gasteiger partial charge in [0.15, 0.2) is 0 Å². The van der Waals surface area contributed by atoms with E-state index >= 15 is 0 Å². The van der Waals surface area contributed by atoms with Crippen molar-refractivity contribution in [3.05, 3.63) is 35.9 Å². The number of carbonyl (C=O) groups excluding carboxylic acids is 1. The fourth-order valence-electron chi connectivity index (χ4n) is 4.47. The van der Waals surface area contributed by atoms with Crippen LogP contribution in [0.1, 0.15) is 45.6 Å². The number of rotatable bonds is 4. The van der Waals surface area contributed by atoms with Gasteiger partial charge in [-0.2, -0.15) is 0 Å². The number of piperidine rings is 2. The van der Waals surface area contributed by atoms with Crippen molar-refractivity contribution in [1.29, 1.82) is 0 Å². The quantitative estimate of drug-likeness (QED) is 0.792. The number of amides is 1. The Morgan fingerprint density at radius 1 is 1.11 bits per heavy atom. The van der Waals surface area contributed by atoms with Crippen molar-refractivity contribution in [3.63, 3.8) is 0 Å². The predicted octanol–water partition coefficient (Wildman–Crippen LogP) is 3.76. The van der Waals surface area contributed by atoms with Crippen LogP contribution in [0.25, 0.3) is 0 Å². The van der Waals surface area contributed by atoms with Gasteiger partial charge < -0.3 is 10.6 Å². The third-order valence-corrected chi connectivity index (χ3v) is 6.55. The highest BCUT2D eigenvalue weighted by Gasteiger charge is 2.38. The lowest BCUT2D eigenvalue weighted by molar-refractivity contribution is -0.140. The van der Waals surface area contributed by atoms with Gasteiger partial charge in [0.2, 0.25) is 5.91 Å². The first-order valence-corrected chi connectivity index (χ1v) is 10.2. The number of benzene rings is 1. The minimum Gasteiger partial charge on any atom is -0.341 e. The minimum absolute atomic E-state index is 0. The Morgan fingerprint density at radius 2 is 1.71 bits per heavy atom. The van der Waals surface area contributed by atoms with Crippen molar-refractivity contribution in [1.82, 2.24) is 9.80 Å². The molecule has 0 aliphatic carbocycles. The summed E-state index contributed by atoms with van der Waals surface area (Å²) in [5.74, 6) is 1.02. The van der Waals surface area contributed by atoms with Crippen LogP contribution in [0.15, 0.2) is 30.3 Å². The van der Waals surface area contributed by atoms with Crippen molar-refractivity contribution >= 4 is 30.7 Å². The molecule has 160 valence electrons. The average Bonchev–Trinajstić information content (AvgIpc) is 2.64. The molecular formula is C22H37Cl2N3O. The molecule has 4 nitrogen and oxygen atoms in total. The van der Waals surface area contributed by atoms with E-state index in [0.717, 1.165) is 44.9 Å². The van der Waals surface area contributed by atoms with E-state index < -0.39 is 0 Å². The molecule has 2 heterocycles. The van der Waals surface area contributed by atoms with Crippen LogP contribution in [0, 0.1) is 11.3 Å². The molecule has 28 heavy (non-hydrogen) atoms. The van der Waals surface area contributed by atoms with Crippen molar-refractivity contribution in [3.8, 4) is 0 Å². The normalized spacial score (nSPS) is 24.0. The molecule has 2 saturated heterocycles. The molecule has 1 amide bonds. The SMILES string of the molecule is CC(C(=O)N1CCC(N)C(C)(C)C1)N1CCC(Cc2ccccc2)CC1.Cl.Cl. The van der Waals surface area contributed by atoms with Crippen molar-refractivity contribution in [2.24, 2.45) is 17.1 Å². The first-order valence-electron chi connectivity index (χ1n) is 10.2. The van der Waals surface area contributed by atoms with Gasteiger partial charge in [-0.3, -0.25) is 9.69 Å². The highest BCUT2D eigenvalue weighted by Crippen LogP contribution is 2.29. The van der Waals surface area contributed by atoms with E-state index in [1.54, 1.807) is 0 Å². The summed E-state index contributed by atoms with van der Waals surface area (Å²) in [5, 5.41) is 0. The molecule has 0 spiro atoms. The predicted molar refractivity (Wildman–Crippen MR) is 121 cm³/mol. The Labute approximate surface area is 183 Å². The molecule has 0 aromatic heterocycles. The van der Waals surface area contributed by atoms with Gasteiger partial charge in [-0.25, -0.2) is 0 Å². The number of nitrogens with zero attached hydrogens (tertiary/aromatic N) is 2. The van der Waals surface area contributed by atoms with E-state index in [-0.39, 0.29) is 48.2 Å². The highest BCUT2D eigenvalue weighted by molar-refractivity contribution is 5.85. The fraction of sp³-hybridized carbons (Fsp3) is 0.682. The molecule has 0 bridgehead atoms. The second kappa shape index (κ2) is 10.8.